The molecule has 3 fully saturated rings. The van der Waals surface area contributed by atoms with Crippen LogP contribution in [0, 0.1) is 11.6 Å². The predicted octanol–water partition coefficient (Wildman–Crippen LogP) is 6.05. The number of H-pyrrole nitrogens is 1. The van der Waals surface area contributed by atoms with E-state index in [0.717, 1.165) is 30.4 Å². The Bertz CT molecular complexity index is 2610. The van der Waals surface area contributed by atoms with Gasteiger partial charge in [0.1, 0.15) is 11.6 Å². The number of benzene rings is 4. The molecule has 8 rings (SSSR count). The number of nitrogens with zero attached hydrogens (tertiary/aromatic N) is 5. The lowest BCUT2D eigenvalue weighted by molar-refractivity contribution is -0.135. The number of piperidine rings is 2. The van der Waals surface area contributed by atoms with Crippen molar-refractivity contribution >= 4 is 40.1 Å². The van der Waals surface area contributed by atoms with Crippen LogP contribution in [-0.2, 0) is 27.2 Å². The van der Waals surface area contributed by atoms with E-state index in [9.17, 15) is 24.0 Å². The van der Waals surface area contributed by atoms with Gasteiger partial charge in [-0.25, -0.2) is 13.9 Å². The van der Waals surface area contributed by atoms with Gasteiger partial charge in [-0.05, 0) is 84.7 Å². The van der Waals surface area contributed by atoms with Crippen LogP contribution in [-0.4, -0.2) is 125 Å². The van der Waals surface area contributed by atoms with Crippen molar-refractivity contribution < 1.29 is 32.7 Å². The number of likely N-dealkylation sites (tertiary alicyclic amines) is 2. The van der Waals surface area contributed by atoms with E-state index in [2.05, 4.69) is 20.4 Å². The lowest BCUT2D eigenvalue weighted by atomic mass is 9.98. The summed E-state index contributed by atoms with van der Waals surface area (Å²) >= 11 is 0. The lowest BCUT2D eigenvalue weighted by Gasteiger charge is -2.38. The number of hydrogen-bond acceptors (Lipinski definition) is 8. The molecule has 0 saturated carbocycles. The van der Waals surface area contributed by atoms with Gasteiger partial charge in [-0.3, -0.25) is 28.9 Å². The highest BCUT2D eigenvalue weighted by Gasteiger charge is 2.32. The average Bonchev–Trinajstić information content (AvgIpc) is 3.31. The van der Waals surface area contributed by atoms with Crippen molar-refractivity contribution in [2.75, 3.05) is 64.2 Å². The summed E-state index contributed by atoms with van der Waals surface area (Å²) in [5.41, 5.74) is 3.43. The van der Waals surface area contributed by atoms with E-state index < -0.39 is 29.4 Å². The number of aryl methyl sites for hydroxylation is 1. The van der Waals surface area contributed by atoms with Crippen LogP contribution in [0.15, 0.2) is 83.7 Å². The highest BCUT2D eigenvalue weighted by molar-refractivity contribution is 6.04. The van der Waals surface area contributed by atoms with Crippen molar-refractivity contribution in [3.05, 3.63) is 129 Å². The van der Waals surface area contributed by atoms with Gasteiger partial charge in [-0.15, -0.1) is 0 Å². The first-order chi connectivity index (χ1) is 30.9. The average molecular weight is 874 g/mol. The van der Waals surface area contributed by atoms with Crippen LogP contribution in [0.3, 0.4) is 0 Å². The Morgan fingerprint density at radius 1 is 0.719 bits per heavy atom. The molecule has 2 N–H and O–H groups in total. The van der Waals surface area contributed by atoms with Gasteiger partial charge in [0, 0.05) is 71.1 Å². The van der Waals surface area contributed by atoms with E-state index in [0.29, 0.717) is 86.1 Å². The summed E-state index contributed by atoms with van der Waals surface area (Å²) in [4.78, 5) is 72.1. The predicted molar refractivity (Wildman–Crippen MR) is 239 cm³/mol. The van der Waals surface area contributed by atoms with Gasteiger partial charge < -0.3 is 24.8 Å². The number of carbonyl (C=O) groups excluding carboxylic acids is 4. The van der Waals surface area contributed by atoms with Crippen molar-refractivity contribution in [3.8, 4) is 11.1 Å². The number of fused-ring (bicyclic) bond motifs is 1. The number of anilines is 1. The zero-order valence-corrected chi connectivity index (χ0v) is 36.2. The largest absolute Gasteiger partial charge is 0.375 e. The van der Waals surface area contributed by atoms with Gasteiger partial charge >= 0.3 is 0 Å². The first kappa shape index (κ1) is 44.3. The van der Waals surface area contributed by atoms with Crippen LogP contribution in [0.25, 0.3) is 21.9 Å². The number of amides is 4. The monoisotopic (exact) mass is 873 g/mol. The van der Waals surface area contributed by atoms with Gasteiger partial charge in [-0.2, -0.15) is 5.10 Å². The Kier molecular flexibility index (Phi) is 13.6. The molecule has 4 aromatic carbocycles. The molecule has 3 aliphatic heterocycles. The molecule has 0 radical (unpaired) electrons. The Morgan fingerprint density at radius 3 is 2.09 bits per heavy atom. The molecule has 15 heteroatoms. The molecular formula is C49H53F2N7O6. The SMILES string of the molecule is CCc1cccc(-c2cc(F)c(C(=O)N3CCC(OC4CCN(CC(=O)N5CCN(C(=O)c6cc(Cc7n[nH]c(=O)c8ccccc78)ccc6F)CC5)CC4)CC3)c(NC(C)=O)c2)c1. The second kappa shape index (κ2) is 19.6. The standard InChI is InChI=1S/C49H53F2N7O6/c1-3-32-7-6-8-34(25-32)35-28-42(51)46(44(29-35)52-31(2)59)49(63)57-19-15-37(16-20-57)64-36-13-17-55(18-14-36)30-45(60)56-21-23-58(24-22-56)48(62)40-26-33(11-12-41(40)50)27-43-38-9-4-5-10-39(38)47(61)54-53-43/h4-12,25-26,28-29,36-37H,3,13-24,27,30H2,1-2H3,(H,52,59)(H,54,61). The van der Waals surface area contributed by atoms with Crippen LogP contribution in [0.5, 0.6) is 0 Å². The number of hydrogen-bond donors (Lipinski definition) is 2. The summed E-state index contributed by atoms with van der Waals surface area (Å²) in [7, 11) is 0. The molecule has 5 aromatic rings. The fourth-order valence-corrected chi connectivity index (χ4v) is 9.04. The first-order valence-corrected chi connectivity index (χ1v) is 22.1. The summed E-state index contributed by atoms with van der Waals surface area (Å²) in [6, 6.07) is 22.3. The third kappa shape index (κ3) is 10.1. The maximum absolute atomic E-state index is 15.8. The van der Waals surface area contributed by atoms with Crippen molar-refractivity contribution in [1.29, 1.82) is 0 Å². The zero-order valence-electron chi connectivity index (χ0n) is 36.2. The summed E-state index contributed by atoms with van der Waals surface area (Å²) in [6.07, 6.45) is 3.79. The Hall–Kier alpha value is -6.32. The zero-order chi connectivity index (χ0) is 44.9. The molecule has 0 aliphatic carbocycles. The normalized spacial score (nSPS) is 16.6. The van der Waals surface area contributed by atoms with Gasteiger partial charge in [0.15, 0.2) is 0 Å². The second-order valence-electron chi connectivity index (χ2n) is 16.9. The fraction of sp³-hybridized carbons (Fsp3) is 0.388. The highest BCUT2D eigenvalue weighted by atomic mass is 19.1. The molecule has 64 heavy (non-hydrogen) atoms. The number of nitrogens with one attached hydrogen (secondary N) is 2. The van der Waals surface area contributed by atoms with Gasteiger partial charge in [0.25, 0.3) is 17.4 Å². The van der Waals surface area contributed by atoms with E-state index in [1.807, 2.05) is 43.3 Å². The molecular weight excluding hydrogens is 821 g/mol. The van der Waals surface area contributed by atoms with Crippen LogP contribution >= 0.6 is 0 Å². The van der Waals surface area contributed by atoms with E-state index in [1.165, 1.54) is 25.1 Å². The van der Waals surface area contributed by atoms with Gasteiger partial charge in [0.05, 0.1) is 46.6 Å². The Balaban J connectivity index is 0.779. The van der Waals surface area contributed by atoms with Crippen LogP contribution in [0.1, 0.15) is 77.1 Å². The lowest BCUT2D eigenvalue weighted by Crippen LogP contribution is -2.53. The summed E-state index contributed by atoms with van der Waals surface area (Å²) in [5.74, 6) is -2.62. The minimum Gasteiger partial charge on any atom is -0.375 e. The van der Waals surface area contributed by atoms with Gasteiger partial charge in [0.2, 0.25) is 11.8 Å². The third-order valence-electron chi connectivity index (χ3n) is 12.6. The number of carbonyl (C=O) groups is 4. The maximum atomic E-state index is 15.8. The van der Waals surface area contributed by atoms with Gasteiger partial charge in [-0.1, -0.05) is 55.5 Å². The second-order valence-corrected chi connectivity index (χ2v) is 16.9. The number of piperazine rings is 1. The van der Waals surface area contributed by atoms with Crippen molar-refractivity contribution in [2.24, 2.45) is 0 Å². The number of halogens is 2. The maximum Gasteiger partial charge on any atom is 0.272 e. The smallest absolute Gasteiger partial charge is 0.272 e. The minimum atomic E-state index is -0.683. The summed E-state index contributed by atoms with van der Waals surface area (Å²) in [6.45, 7) is 7.06. The van der Waals surface area contributed by atoms with Crippen molar-refractivity contribution in [2.45, 2.75) is 64.6 Å². The van der Waals surface area contributed by atoms with E-state index in [1.54, 1.807) is 39.0 Å². The van der Waals surface area contributed by atoms with E-state index >= 15 is 8.78 Å². The molecule has 3 aliphatic rings. The highest BCUT2D eigenvalue weighted by Crippen LogP contribution is 2.32. The summed E-state index contributed by atoms with van der Waals surface area (Å²) in [5, 5.41) is 10.6. The van der Waals surface area contributed by atoms with E-state index in [-0.39, 0.29) is 60.1 Å². The number of aromatic amines is 1. The number of rotatable bonds is 11. The molecule has 3 saturated heterocycles. The fourth-order valence-electron chi connectivity index (χ4n) is 9.04. The third-order valence-corrected chi connectivity index (χ3v) is 12.6. The minimum absolute atomic E-state index is 0.0157. The molecule has 4 amide bonds. The first-order valence-electron chi connectivity index (χ1n) is 22.1. The Labute approximate surface area is 370 Å². The number of aromatic nitrogens is 2. The van der Waals surface area contributed by atoms with Crippen LogP contribution in [0.4, 0.5) is 14.5 Å². The van der Waals surface area contributed by atoms with Crippen molar-refractivity contribution in [3.63, 3.8) is 0 Å². The van der Waals surface area contributed by atoms with E-state index in [4.69, 9.17) is 4.74 Å². The summed E-state index contributed by atoms with van der Waals surface area (Å²) < 4.78 is 37.3. The van der Waals surface area contributed by atoms with Crippen molar-refractivity contribution in [1.82, 2.24) is 29.8 Å². The molecule has 0 unspecified atom stereocenters. The molecule has 13 nitrogen and oxygen atoms in total. The van der Waals surface area contributed by atoms with Crippen LogP contribution < -0.4 is 10.9 Å². The topological polar surface area (TPSA) is 148 Å². The quantitative estimate of drug-likeness (QED) is 0.163. The molecule has 0 spiro atoms. The molecule has 0 bridgehead atoms. The number of ether oxygens (including phenoxy) is 1. The molecule has 334 valence electrons. The Morgan fingerprint density at radius 2 is 1.39 bits per heavy atom. The molecule has 1 aromatic heterocycles. The molecule has 4 heterocycles. The van der Waals surface area contributed by atoms with Crippen LogP contribution in [0.2, 0.25) is 0 Å². The molecule has 0 atom stereocenters.